The average molecular weight is 198 g/mol. The molecule has 70 valence electrons. The molecule has 1 rings (SSSR count). The van der Waals surface area contributed by atoms with Crippen LogP contribution in [0.3, 0.4) is 0 Å². The fourth-order valence-electron chi connectivity index (χ4n) is 1.17. The average Bonchev–Trinajstić information content (AvgIpc) is 2.07. The van der Waals surface area contributed by atoms with Crippen LogP contribution in [0, 0.1) is 0 Å². The van der Waals surface area contributed by atoms with Crippen molar-refractivity contribution in [3.63, 3.8) is 0 Å². The molecule has 0 heterocycles. The summed E-state index contributed by atoms with van der Waals surface area (Å²) in [6.07, 6.45) is 0.857. The number of aryl methyl sites for hydroxylation is 1. The second-order valence-corrected chi connectivity index (χ2v) is 3.27. The van der Waals surface area contributed by atoms with Crippen LogP contribution in [0.15, 0.2) is 18.2 Å². The third-order valence-corrected chi connectivity index (χ3v) is 1.99. The van der Waals surface area contributed by atoms with Gasteiger partial charge in [0.25, 0.3) is 0 Å². The molecule has 0 atom stereocenters. The quantitative estimate of drug-likeness (QED) is 0.776. The van der Waals surface area contributed by atoms with Gasteiger partial charge in [0.05, 0.1) is 0 Å². The van der Waals surface area contributed by atoms with Gasteiger partial charge in [0.15, 0.2) is 0 Å². The monoisotopic (exact) mass is 197 g/mol. The van der Waals surface area contributed by atoms with Gasteiger partial charge in [-0.2, -0.15) is 0 Å². The Morgan fingerprint density at radius 2 is 2.23 bits per heavy atom. The maximum absolute atomic E-state index is 10.8. The van der Waals surface area contributed by atoms with E-state index in [9.17, 15) is 4.79 Å². The Bertz CT molecular complexity index is 323. The van der Waals surface area contributed by atoms with Crippen molar-refractivity contribution in [2.24, 2.45) is 0 Å². The molecule has 1 amide bonds. The fraction of sp³-hybridized carbons (Fsp3) is 0.300. The molecule has 0 aromatic heterocycles. The lowest BCUT2D eigenvalue weighted by Gasteiger charge is -2.07. The van der Waals surface area contributed by atoms with Crippen molar-refractivity contribution in [3.05, 3.63) is 28.8 Å². The van der Waals surface area contributed by atoms with Crippen LogP contribution in [0.1, 0.15) is 19.4 Å². The minimum atomic E-state index is -0.0583. The van der Waals surface area contributed by atoms with Gasteiger partial charge in [0, 0.05) is 17.6 Å². The van der Waals surface area contributed by atoms with Gasteiger partial charge < -0.3 is 5.32 Å². The highest BCUT2D eigenvalue weighted by Gasteiger charge is 2.02. The lowest BCUT2D eigenvalue weighted by atomic mass is 10.1. The number of carbonyl (C=O) groups is 1. The van der Waals surface area contributed by atoms with Crippen LogP contribution in [0.25, 0.3) is 0 Å². The van der Waals surface area contributed by atoms with Crippen LogP contribution in [-0.2, 0) is 11.2 Å². The van der Waals surface area contributed by atoms with E-state index in [4.69, 9.17) is 11.6 Å². The second kappa shape index (κ2) is 4.28. The topological polar surface area (TPSA) is 29.1 Å². The highest BCUT2D eigenvalue weighted by Crippen LogP contribution is 2.20. The third-order valence-electron chi connectivity index (χ3n) is 1.76. The number of hydrogen-bond donors (Lipinski definition) is 1. The molecule has 0 saturated carbocycles. The van der Waals surface area contributed by atoms with Crippen molar-refractivity contribution in [3.8, 4) is 0 Å². The van der Waals surface area contributed by atoms with Gasteiger partial charge in [-0.3, -0.25) is 4.79 Å². The Balaban J connectivity index is 2.99. The van der Waals surface area contributed by atoms with Crippen molar-refractivity contribution in [1.82, 2.24) is 0 Å². The molecular weight excluding hydrogens is 186 g/mol. The fourth-order valence-corrected chi connectivity index (χ4v) is 1.36. The summed E-state index contributed by atoms with van der Waals surface area (Å²) in [4.78, 5) is 10.8. The molecule has 13 heavy (non-hydrogen) atoms. The smallest absolute Gasteiger partial charge is 0.221 e. The summed E-state index contributed by atoms with van der Waals surface area (Å²) in [5, 5.41) is 3.45. The van der Waals surface area contributed by atoms with Crippen LogP contribution in [-0.4, -0.2) is 5.91 Å². The molecule has 0 unspecified atom stereocenters. The maximum atomic E-state index is 10.8. The zero-order valence-electron chi connectivity index (χ0n) is 7.73. The molecule has 0 spiro atoms. The molecule has 1 N–H and O–H groups in total. The largest absolute Gasteiger partial charge is 0.326 e. The van der Waals surface area contributed by atoms with E-state index in [2.05, 4.69) is 5.32 Å². The highest BCUT2D eigenvalue weighted by molar-refractivity contribution is 6.30. The van der Waals surface area contributed by atoms with Gasteiger partial charge in [0.2, 0.25) is 5.91 Å². The van der Waals surface area contributed by atoms with Crippen LogP contribution >= 0.6 is 11.6 Å². The summed E-state index contributed by atoms with van der Waals surface area (Å²) in [7, 11) is 0. The standard InChI is InChI=1S/C10H12ClNO/c1-3-8-6-9(11)4-5-10(8)12-7(2)13/h4-6H,3H2,1-2H3,(H,12,13). The van der Waals surface area contributed by atoms with Crippen LogP contribution in [0.2, 0.25) is 5.02 Å². The molecule has 0 bridgehead atoms. The molecule has 1 aromatic rings. The number of nitrogens with one attached hydrogen (secondary N) is 1. The first kappa shape index (κ1) is 10.1. The van der Waals surface area contributed by atoms with Crippen molar-refractivity contribution in [2.75, 3.05) is 5.32 Å². The minimum absolute atomic E-state index is 0.0583. The second-order valence-electron chi connectivity index (χ2n) is 2.84. The molecule has 0 aliphatic heterocycles. The number of halogens is 1. The van der Waals surface area contributed by atoms with Gasteiger partial charge in [-0.05, 0) is 30.2 Å². The van der Waals surface area contributed by atoms with Gasteiger partial charge in [-0.1, -0.05) is 18.5 Å². The molecule has 0 radical (unpaired) electrons. The van der Waals surface area contributed by atoms with Crippen molar-refractivity contribution < 1.29 is 4.79 Å². The van der Waals surface area contributed by atoms with Gasteiger partial charge in [-0.15, -0.1) is 0 Å². The van der Waals surface area contributed by atoms with E-state index in [-0.39, 0.29) is 5.91 Å². The molecule has 0 saturated heterocycles. The van der Waals surface area contributed by atoms with E-state index in [1.54, 1.807) is 6.07 Å². The first-order chi connectivity index (χ1) is 6.13. The van der Waals surface area contributed by atoms with Crippen LogP contribution in [0.5, 0.6) is 0 Å². The maximum Gasteiger partial charge on any atom is 0.221 e. The lowest BCUT2D eigenvalue weighted by molar-refractivity contribution is -0.114. The summed E-state index contributed by atoms with van der Waals surface area (Å²) in [5.74, 6) is -0.0583. The highest BCUT2D eigenvalue weighted by atomic mass is 35.5. The third kappa shape index (κ3) is 2.74. The summed E-state index contributed by atoms with van der Waals surface area (Å²) in [5.41, 5.74) is 1.90. The predicted molar refractivity (Wildman–Crippen MR) is 55.1 cm³/mol. The van der Waals surface area contributed by atoms with Gasteiger partial charge >= 0.3 is 0 Å². The number of amides is 1. The van der Waals surface area contributed by atoms with E-state index >= 15 is 0 Å². The van der Waals surface area contributed by atoms with Crippen molar-refractivity contribution in [1.29, 1.82) is 0 Å². The Hall–Kier alpha value is -1.02. The summed E-state index contributed by atoms with van der Waals surface area (Å²) >= 11 is 5.82. The first-order valence-corrected chi connectivity index (χ1v) is 4.57. The summed E-state index contributed by atoms with van der Waals surface area (Å²) < 4.78 is 0. The number of benzene rings is 1. The van der Waals surface area contributed by atoms with Crippen molar-refractivity contribution >= 4 is 23.2 Å². The molecule has 1 aromatic carbocycles. The predicted octanol–water partition coefficient (Wildman–Crippen LogP) is 2.86. The number of anilines is 1. The number of rotatable bonds is 2. The Morgan fingerprint density at radius 1 is 1.54 bits per heavy atom. The Kier molecular flexibility index (Phi) is 3.32. The van der Waals surface area contributed by atoms with E-state index in [0.29, 0.717) is 5.02 Å². The van der Waals surface area contributed by atoms with E-state index in [0.717, 1.165) is 17.7 Å². The first-order valence-electron chi connectivity index (χ1n) is 4.19. The lowest BCUT2D eigenvalue weighted by Crippen LogP contribution is -2.07. The van der Waals surface area contributed by atoms with Gasteiger partial charge in [-0.25, -0.2) is 0 Å². The molecule has 0 aliphatic carbocycles. The normalized spacial score (nSPS) is 9.77. The van der Waals surface area contributed by atoms with Crippen LogP contribution < -0.4 is 5.32 Å². The van der Waals surface area contributed by atoms with E-state index in [1.165, 1.54) is 6.92 Å². The minimum Gasteiger partial charge on any atom is -0.326 e. The zero-order valence-corrected chi connectivity index (χ0v) is 8.48. The van der Waals surface area contributed by atoms with E-state index < -0.39 is 0 Å². The van der Waals surface area contributed by atoms with E-state index in [1.807, 2.05) is 19.1 Å². The molecular formula is C10H12ClNO. The molecule has 0 fully saturated rings. The SMILES string of the molecule is CCc1cc(Cl)ccc1NC(C)=O. The zero-order chi connectivity index (χ0) is 9.84. The number of hydrogen-bond acceptors (Lipinski definition) is 1. The van der Waals surface area contributed by atoms with Crippen molar-refractivity contribution in [2.45, 2.75) is 20.3 Å². The summed E-state index contributed by atoms with van der Waals surface area (Å²) in [6, 6.07) is 5.46. The molecule has 2 nitrogen and oxygen atoms in total. The number of carbonyl (C=O) groups excluding carboxylic acids is 1. The Labute approximate surface area is 82.9 Å². The molecule has 3 heteroatoms. The molecule has 0 aliphatic rings. The summed E-state index contributed by atoms with van der Waals surface area (Å²) in [6.45, 7) is 3.52. The van der Waals surface area contributed by atoms with Crippen LogP contribution in [0.4, 0.5) is 5.69 Å². The Morgan fingerprint density at radius 3 is 2.77 bits per heavy atom. The van der Waals surface area contributed by atoms with Gasteiger partial charge in [0.1, 0.15) is 0 Å².